The molecule has 0 radical (unpaired) electrons. The van der Waals surface area contributed by atoms with E-state index < -0.39 is 0 Å². The van der Waals surface area contributed by atoms with Crippen molar-refractivity contribution in [2.75, 3.05) is 0 Å². The number of thiol groups is 1. The zero-order chi connectivity index (χ0) is 6.57. The summed E-state index contributed by atoms with van der Waals surface area (Å²) in [4.78, 5) is 1.08. The lowest BCUT2D eigenvalue weighted by atomic mass is 10.8. The fourth-order valence-electron chi connectivity index (χ4n) is 0.237. The first kappa shape index (κ1) is 8.18. The monoisotopic (exact) mass is 146 g/mol. The second-order valence-electron chi connectivity index (χ2n) is 1.43. The van der Waals surface area contributed by atoms with Crippen molar-refractivity contribution >= 4 is 24.4 Å². The molecule has 0 heterocycles. The fourth-order valence-corrected chi connectivity index (χ4v) is 1.18. The SMILES string of the molecule is C=C(C)S/C(S)=C\C. The van der Waals surface area contributed by atoms with Crippen LogP contribution in [0.15, 0.2) is 21.8 Å². The Labute approximate surface area is 60.5 Å². The number of allylic oxidation sites excluding steroid dienone is 2. The number of hydrogen-bond donors (Lipinski definition) is 1. The Morgan fingerprint density at radius 3 is 2.38 bits per heavy atom. The van der Waals surface area contributed by atoms with Crippen LogP contribution in [0.1, 0.15) is 13.8 Å². The van der Waals surface area contributed by atoms with Gasteiger partial charge < -0.3 is 0 Å². The molecule has 0 nitrogen and oxygen atoms in total. The first-order valence-electron chi connectivity index (χ1n) is 2.35. The Morgan fingerprint density at radius 2 is 2.25 bits per heavy atom. The molecule has 0 aromatic rings. The smallest absolute Gasteiger partial charge is 0.0373 e. The number of hydrogen-bond acceptors (Lipinski definition) is 2. The van der Waals surface area contributed by atoms with Gasteiger partial charge in [0, 0.05) is 4.24 Å². The highest BCUT2D eigenvalue weighted by atomic mass is 32.2. The van der Waals surface area contributed by atoms with Crippen LogP contribution < -0.4 is 0 Å². The molecule has 0 aromatic heterocycles. The molecule has 0 N–H and O–H groups in total. The van der Waals surface area contributed by atoms with Crippen LogP contribution in [0.4, 0.5) is 0 Å². The van der Waals surface area contributed by atoms with Gasteiger partial charge in [0.1, 0.15) is 0 Å². The van der Waals surface area contributed by atoms with Crippen LogP contribution in [0.2, 0.25) is 0 Å². The van der Waals surface area contributed by atoms with E-state index in [1.165, 1.54) is 0 Å². The second kappa shape index (κ2) is 4.10. The highest BCUT2D eigenvalue weighted by molar-refractivity contribution is 8.17. The molecule has 0 aromatic carbocycles. The molecule has 0 aliphatic heterocycles. The van der Waals surface area contributed by atoms with Crippen molar-refractivity contribution in [3.8, 4) is 0 Å². The molecule has 0 amide bonds. The average Bonchev–Trinajstić information content (AvgIpc) is 1.65. The molecule has 0 spiro atoms. The first-order chi connectivity index (χ1) is 3.66. The predicted octanol–water partition coefficient (Wildman–Crippen LogP) is 3.04. The standard InChI is InChI=1S/C6H10S2/c1-4-6(7)8-5(2)3/h4,7H,2H2,1,3H3/b6-4-. The summed E-state index contributed by atoms with van der Waals surface area (Å²) in [6, 6.07) is 0. The summed E-state index contributed by atoms with van der Waals surface area (Å²) in [5, 5.41) is 0. The van der Waals surface area contributed by atoms with Gasteiger partial charge in [0.15, 0.2) is 0 Å². The maximum atomic E-state index is 4.13. The zero-order valence-electron chi connectivity index (χ0n) is 5.14. The summed E-state index contributed by atoms with van der Waals surface area (Å²) in [5.74, 6) is 0. The Hall–Kier alpha value is 0.180. The molecule has 0 bridgehead atoms. The molecule has 2 heteroatoms. The fraction of sp³-hybridized carbons (Fsp3) is 0.333. The van der Waals surface area contributed by atoms with Crippen molar-refractivity contribution in [2.45, 2.75) is 13.8 Å². The average molecular weight is 146 g/mol. The van der Waals surface area contributed by atoms with Gasteiger partial charge in [-0.15, -0.1) is 12.6 Å². The summed E-state index contributed by atoms with van der Waals surface area (Å²) in [6.45, 7) is 7.64. The molecule has 0 rings (SSSR count). The van der Waals surface area contributed by atoms with Gasteiger partial charge in [-0.3, -0.25) is 0 Å². The zero-order valence-corrected chi connectivity index (χ0v) is 6.85. The highest BCUT2D eigenvalue weighted by Gasteiger charge is 1.86. The van der Waals surface area contributed by atoms with Gasteiger partial charge >= 0.3 is 0 Å². The van der Waals surface area contributed by atoms with E-state index in [2.05, 4.69) is 19.2 Å². The molecule has 0 unspecified atom stereocenters. The van der Waals surface area contributed by atoms with Gasteiger partial charge in [-0.2, -0.15) is 0 Å². The Balaban J connectivity index is 3.56. The van der Waals surface area contributed by atoms with Crippen molar-refractivity contribution in [1.82, 2.24) is 0 Å². The summed E-state index contributed by atoms with van der Waals surface area (Å²) < 4.78 is 1.01. The minimum atomic E-state index is 1.01. The minimum absolute atomic E-state index is 1.01. The first-order valence-corrected chi connectivity index (χ1v) is 3.62. The maximum absolute atomic E-state index is 4.13. The van der Waals surface area contributed by atoms with Crippen LogP contribution >= 0.6 is 24.4 Å². The third kappa shape index (κ3) is 4.34. The topological polar surface area (TPSA) is 0 Å². The van der Waals surface area contributed by atoms with Gasteiger partial charge in [-0.25, -0.2) is 0 Å². The van der Waals surface area contributed by atoms with Gasteiger partial charge in [-0.05, 0) is 18.8 Å². The van der Waals surface area contributed by atoms with E-state index in [0.717, 1.165) is 9.14 Å². The lowest BCUT2D eigenvalue weighted by Gasteiger charge is -1.94. The van der Waals surface area contributed by atoms with E-state index in [0.29, 0.717) is 0 Å². The minimum Gasteiger partial charge on any atom is -0.137 e. The molecular formula is C6H10S2. The lowest BCUT2D eigenvalue weighted by molar-refractivity contribution is 1.72. The van der Waals surface area contributed by atoms with Crippen molar-refractivity contribution in [1.29, 1.82) is 0 Å². The van der Waals surface area contributed by atoms with Crippen LogP contribution in [-0.2, 0) is 0 Å². The summed E-state index contributed by atoms with van der Waals surface area (Å²) in [5.41, 5.74) is 0. The molecule has 0 saturated carbocycles. The summed E-state index contributed by atoms with van der Waals surface area (Å²) in [6.07, 6.45) is 1.95. The largest absolute Gasteiger partial charge is 0.137 e. The van der Waals surface area contributed by atoms with Crippen LogP contribution in [0.3, 0.4) is 0 Å². The number of rotatable bonds is 2. The highest BCUT2D eigenvalue weighted by Crippen LogP contribution is 2.25. The molecule has 0 aliphatic rings. The van der Waals surface area contributed by atoms with Crippen molar-refractivity contribution in [3.63, 3.8) is 0 Å². The van der Waals surface area contributed by atoms with E-state index in [-0.39, 0.29) is 0 Å². The number of thioether (sulfide) groups is 1. The normalized spacial score (nSPS) is 11.6. The van der Waals surface area contributed by atoms with Gasteiger partial charge in [0.25, 0.3) is 0 Å². The Kier molecular flexibility index (Phi) is 4.19. The van der Waals surface area contributed by atoms with Crippen LogP contribution in [0, 0.1) is 0 Å². The summed E-state index contributed by atoms with van der Waals surface area (Å²) in [7, 11) is 0. The van der Waals surface area contributed by atoms with Crippen molar-refractivity contribution < 1.29 is 0 Å². The molecule has 0 saturated heterocycles. The van der Waals surface area contributed by atoms with E-state index in [1.807, 2.05) is 19.9 Å². The van der Waals surface area contributed by atoms with Crippen molar-refractivity contribution in [3.05, 3.63) is 21.8 Å². The van der Waals surface area contributed by atoms with Crippen LogP contribution in [0.25, 0.3) is 0 Å². The Bertz CT molecular complexity index is 114. The third-order valence-electron chi connectivity index (χ3n) is 0.526. The molecule has 0 atom stereocenters. The van der Waals surface area contributed by atoms with Crippen LogP contribution in [-0.4, -0.2) is 0 Å². The van der Waals surface area contributed by atoms with E-state index in [4.69, 9.17) is 0 Å². The van der Waals surface area contributed by atoms with Gasteiger partial charge in [0.2, 0.25) is 0 Å². The second-order valence-corrected chi connectivity index (χ2v) is 3.56. The quantitative estimate of drug-likeness (QED) is 0.584. The maximum Gasteiger partial charge on any atom is 0.0373 e. The Morgan fingerprint density at radius 1 is 1.75 bits per heavy atom. The molecule has 8 heavy (non-hydrogen) atoms. The molecular weight excluding hydrogens is 136 g/mol. The van der Waals surface area contributed by atoms with Gasteiger partial charge in [-0.1, -0.05) is 24.4 Å². The van der Waals surface area contributed by atoms with Gasteiger partial charge in [0.05, 0.1) is 0 Å². The third-order valence-corrected chi connectivity index (χ3v) is 1.85. The molecule has 46 valence electrons. The van der Waals surface area contributed by atoms with Crippen molar-refractivity contribution in [2.24, 2.45) is 0 Å². The van der Waals surface area contributed by atoms with E-state index >= 15 is 0 Å². The summed E-state index contributed by atoms with van der Waals surface area (Å²) >= 11 is 5.72. The lowest BCUT2D eigenvalue weighted by Crippen LogP contribution is -1.60. The van der Waals surface area contributed by atoms with E-state index in [9.17, 15) is 0 Å². The van der Waals surface area contributed by atoms with E-state index in [1.54, 1.807) is 11.8 Å². The predicted molar refractivity (Wildman–Crippen MR) is 45.1 cm³/mol. The molecule has 0 fully saturated rings. The molecule has 0 aliphatic carbocycles. The van der Waals surface area contributed by atoms with Crippen LogP contribution in [0.5, 0.6) is 0 Å².